The molecule has 1 aliphatic heterocycles. The fourth-order valence-electron chi connectivity index (χ4n) is 3.40. The number of anilines is 1. The monoisotopic (exact) mass is 364 g/mol. The maximum absolute atomic E-state index is 12.4. The highest BCUT2D eigenvalue weighted by molar-refractivity contribution is 7.99. The van der Waals surface area contributed by atoms with Gasteiger partial charge in [0.05, 0.1) is 11.9 Å². The Morgan fingerprint density at radius 2 is 1.96 bits per heavy atom. The molecule has 0 spiro atoms. The predicted molar refractivity (Wildman–Crippen MR) is 96.7 cm³/mol. The number of amides is 2. The van der Waals surface area contributed by atoms with Gasteiger partial charge in [-0.05, 0) is 31.6 Å². The third-order valence-electron chi connectivity index (χ3n) is 4.91. The van der Waals surface area contributed by atoms with Crippen LogP contribution in [0.1, 0.15) is 36.2 Å². The lowest BCUT2D eigenvalue weighted by Crippen LogP contribution is -2.49. The molecule has 136 valence electrons. The molecule has 0 unspecified atom stereocenters. The van der Waals surface area contributed by atoms with Crippen molar-refractivity contribution >= 4 is 29.4 Å². The van der Waals surface area contributed by atoms with Crippen molar-refractivity contribution in [2.45, 2.75) is 37.8 Å². The van der Waals surface area contributed by atoms with Crippen molar-refractivity contribution in [3.05, 3.63) is 18.1 Å². The van der Waals surface area contributed by atoms with E-state index in [0.717, 1.165) is 43.9 Å². The van der Waals surface area contributed by atoms with Gasteiger partial charge in [-0.25, -0.2) is 9.97 Å². The molecule has 2 fully saturated rings. The van der Waals surface area contributed by atoms with Gasteiger partial charge in [-0.3, -0.25) is 9.59 Å². The number of aromatic nitrogens is 2. The summed E-state index contributed by atoms with van der Waals surface area (Å²) >= 11 is 1.76. The van der Waals surface area contributed by atoms with Crippen molar-refractivity contribution in [3.8, 4) is 0 Å². The van der Waals surface area contributed by atoms with Crippen molar-refractivity contribution < 1.29 is 9.59 Å². The molecule has 0 aromatic carbocycles. The van der Waals surface area contributed by atoms with Crippen molar-refractivity contribution in [1.82, 2.24) is 20.2 Å². The fraction of sp³-hybridized carbons (Fsp3) is 0.625. The summed E-state index contributed by atoms with van der Waals surface area (Å²) in [6, 6.07) is -0.388. The molecule has 3 rings (SSSR count). The Labute approximate surface area is 151 Å². The van der Waals surface area contributed by atoms with Gasteiger partial charge in [0.2, 0.25) is 5.91 Å². The Morgan fingerprint density at radius 1 is 1.24 bits per heavy atom. The molecule has 1 saturated carbocycles. The van der Waals surface area contributed by atoms with E-state index in [-0.39, 0.29) is 35.3 Å². The quantitative estimate of drug-likeness (QED) is 0.697. The number of hydrogen-bond acceptors (Lipinski definition) is 7. The van der Waals surface area contributed by atoms with Crippen LogP contribution >= 0.6 is 11.8 Å². The summed E-state index contributed by atoms with van der Waals surface area (Å²) in [7, 11) is 0. The van der Waals surface area contributed by atoms with Crippen molar-refractivity contribution in [3.63, 3.8) is 0 Å². The summed E-state index contributed by atoms with van der Waals surface area (Å²) in [5, 5.41) is 2.96. The zero-order valence-corrected chi connectivity index (χ0v) is 14.9. The van der Waals surface area contributed by atoms with E-state index in [9.17, 15) is 9.59 Å². The summed E-state index contributed by atoms with van der Waals surface area (Å²) < 4.78 is 0. The minimum atomic E-state index is -0.439. The number of carbonyl (C=O) groups is 2. The van der Waals surface area contributed by atoms with Gasteiger partial charge in [-0.1, -0.05) is 0 Å². The number of nitrogen functional groups attached to an aromatic ring is 1. The summed E-state index contributed by atoms with van der Waals surface area (Å²) in [5.41, 5.74) is 12.0. The molecule has 0 bridgehead atoms. The van der Waals surface area contributed by atoms with Gasteiger partial charge < -0.3 is 21.7 Å². The van der Waals surface area contributed by atoms with Crippen molar-refractivity contribution in [2.24, 2.45) is 11.7 Å². The highest BCUT2D eigenvalue weighted by Crippen LogP contribution is 2.28. The summed E-state index contributed by atoms with van der Waals surface area (Å²) in [6.45, 7) is 0.794. The van der Waals surface area contributed by atoms with Crippen molar-refractivity contribution in [2.75, 3.05) is 23.9 Å². The SMILES string of the molecule is Nc1nccnc1C(=O)NC1CCC([C@H](N)C(=O)N2CCSC2)CC1. The number of nitrogens with one attached hydrogen (secondary N) is 1. The van der Waals surface area contributed by atoms with Gasteiger partial charge >= 0.3 is 0 Å². The first-order valence-corrected chi connectivity index (χ1v) is 9.71. The normalized spacial score (nSPS) is 24.8. The minimum absolute atomic E-state index is 0.0507. The maximum Gasteiger partial charge on any atom is 0.273 e. The maximum atomic E-state index is 12.4. The van der Waals surface area contributed by atoms with Crippen LogP contribution in [-0.4, -0.2) is 56.9 Å². The van der Waals surface area contributed by atoms with Gasteiger partial charge in [0.25, 0.3) is 5.91 Å². The van der Waals surface area contributed by atoms with Crippen LogP contribution in [0.3, 0.4) is 0 Å². The Morgan fingerprint density at radius 3 is 2.60 bits per heavy atom. The lowest BCUT2D eigenvalue weighted by Gasteiger charge is -2.33. The van der Waals surface area contributed by atoms with Crippen LogP contribution in [0.15, 0.2) is 12.4 Å². The van der Waals surface area contributed by atoms with Crippen LogP contribution in [0.25, 0.3) is 0 Å². The van der Waals surface area contributed by atoms with Gasteiger partial charge in [0, 0.05) is 30.7 Å². The van der Waals surface area contributed by atoms with Crippen LogP contribution in [0.2, 0.25) is 0 Å². The summed E-state index contributed by atoms with van der Waals surface area (Å²) in [6.07, 6.45) is 6.15. The van der Waals surface area contributed by atoms with Crippen LogP contribution < -0.4 is 16.8 Å². The van der Waals surface area contributed by atoms with E-state index in [2.05, 4.69) is 15.3 Å². The second-order valence-electron chi connectivity index (χ2n) is 6.54. The molecule has 1 saturated heterocycles. The fourth-order valence-corrected chi connectivity index (χ4v) is 4.36. The largest absolute Gasteiger partial charge is 0.382 e. The molecule has 0 radical (unpaired) electrons. The van der Waals surface area contributed by atoms with E-state index in [1.54, 1.807) is 11.8 Å². The summed E-state index contributed by atoms with van der Waals surface area (Å²) in [5.74, 6) is 1.80. The third kappa shape index (κ3) is 4.21. The first kappa shape index (κ1) is 17.9. The molecular formula is C16H24N6O2S. The van der Waals surface area contributed by atoms with E-state index in [0.29, 0.717) is 0 Å². The van der Waals surface area contributed by atoms with Gasteiger partial charge in [-0.2, -0.15) is 0 Å². The van der Waals surface area contributed by atoms with E-state index < -0.39 is 6.04 Å². The van der Waals surface area contributed by atoms with E-state index in [4.69, 9.17) is 11.5 Å². The zero-order valence-electron chi connectivity index (χ0n) is 14.1. The van der Waals surface area contributed by atoms with Crippen LogP contribution in [-0.2, 0) is 4.79 Å². The Kier molecular flexibility index (Phi) is 5.74. The van der Waals surface area contributed by atoms with Gasteiger partial charge in [0.15, 0.2) is 11.5 Å². The Balaban J connectivity index is 1.49. The molecule has 2 heterocycles. The number of hydrogen-bond donors (Lipinski definition) is 3. The van der Waals surface area contributed by atoms with Gasteiger partial charge in [0.1, 0.15) is 0 Å². The number of nitrogens with zero attached hydrogens (tertiary/aromatic N) is 3. The van der Waals surface area contributed by atoms with Crippen LogP contribution in [0, 0.1) is 5.92 Å². The standard InChI is InChI=1S/C16H24N6O2S/c17-12(16(24)22-7-8-25-9-22)10-1-3-11(4-2-10)21-15(23)13-14(18)20-6-5-19-13/h5-6,10-12H,1-4,7-9,17H2,(H2,18,20)(H,21,23)/t10?,11?,12-/m0/s1. The van der Waals surface area contributed by atoms with Crippen LogP contribution in [0.5, 0.6) is 0 Å². The number of nitrogens with two attached hydrogens (primary N) is 2. The first-order valence-electron chi connectivity index (χ1n) is 8.55. The lowest BCUT2D eigenvalue weighted by atomic mass is 9.81. The highest BCUT2D eigenvalue weighted by Gasteiger charge is 2.33. The van der Waals surface area contributed by atoms with Crippen LogP contribution in [0.4, 0.5) is 5.82 Å². The molecular weight excluding hydrogens is 340 g/mol. The molecule has 5 N–H and O–H groups in total. The number of thioether (sulfide) groups is 1. The third-order valence-corrected chi connectivity index (χ3v) is 5.87. The highest BCUT2D eigenvalue weighted by atomic mass is 32.2. The first-order chi connectivity index (χ1) is 12.1. The molecule has 1 atom stereocenters. The average molecular weight is 364 g/mol. The van der Waals surface area contributed by atoms with Crippen molar-refractivity contribution in [1.29, 1.82) is 0 Å². The molecule has 2 amide bonds. The molecule has 2 aliphatic rings. The van der Waals surface area contributed by atoms with Gasteiger partial charge in [-0.15, -0.1) is 11.8 Å². The van der Waals surface area contributed by atoms with E-state index in [1.165, 1.54) is 12.4 Å². The van der Waals surface area contributed by atoms with E-state index >= 15 is 0 Å². The molecule has 9 heteroatoms. The smallest absolute Gasteiger partial charge is 0.273 e. The topological polar surface area (TPSA) is 127 Å². The average Bonchev–Trinajstić information content (AvgIpc) is 3.16. The molecule has 1 aliphatic carbocycles. The molecule has 1 aromatic heterocycles. The van der Waals surface area contributed by atoms with E-state index in [1.807, 2.05) is 4.90 Å². The molecule has 25 heavy (non-hydrogen) atoms. The number of rotatable bonds is 4. The predicted octanol–water partition coefficient (Wildman–Crippen LogP) is 0.208. The number of carbonyl (C=O) groups excluding carboxylic acids is 2. The second kappa shape index (κ2) is 8.01. The second-order valence-corrected chi connectivity index (χ2v) is 7.61. The Hall–Kier alpha value is -1.87. The molecule has 1 aromatic rings. The molecule has 8 nitrogen and oxygen atoms in total. The minimum Gasteiger partial charge on any atom is -0.382 e. The summed E-state index contributed by atoms with van der Waals surface area (Å²) in [4.78, 5) is 34.4. The lowest BCUT2D eigenvalue weighted by molar-refractivity contribution is -0.132. The Bertz CT molecular complexity index is 629. The zero-order chi connectivity index (χ0) is 17.8.